The minimum atomic E-state index is -0.408. The van der Waals surface area contributed by atoms with E-state index in [1.165, 1.54) is 39.0 Å². The maximum Gasteiger partial charge on any atom is 0.0387 e. The summed E-state index contributed by atoms with van der Waals surface area (Å²) in [5, 5.41) is 0. The molecule has 0 aliphatic rings. The first-order valence-corrected chi connectivity index (χ1v) is 17.1. The van der Waals surface area contributed by atoms with E-state index in [2.05, 4.69) is 212 Å². The normalized spacial score (nSPS) is 13.8. The summed E-state index contributed by atoms with van der Waals surface area (Å²) in [5.41, 5.74) is 8.66. The highest BCUT2D eigenvalue weighted by molar-refractivity contribution is 5.62. The van der Waals surface area contributed by atoms with Gasteiger partial charge >= 0.3 is 0 Å². The number of hydrogen-bond donors (Lipinski definition) is 0. The van der Waals surface area contributed by atoms with Gasteiger partial charge in [-0.05, 0) is 70.6 Å². The smallest absolute Gasteiger partial charge is 0.0387 e. The topological polar surface area (TPSA) is 0 Å². The molecule has 0 aliphatic carbocycles. The summed E-state index contributed by atoms with van der Waals surface area (Å²) < 4.78 is 0. The van der Waals surface area contributed by atoms with Gasteiger partial charge in [-0.1, -0.05) is 212 Å². The number of allylic oxidation sites excluding steroid dienone is 4. The van der Waals surface area contributed by atoms with E-state index in [0.717, 1.165) is 25.7 Å². The van der Waals surface area contributed by atoms with E-state index in [1.54, 1.807) is 0 Å². The average Bonchev–Trinajstić information content (AvgIpc) is 3.17. The fourth-order valence-corrected chi connectivity index (χ4v) is 6.68. The SMILES string of the molecule is C(=CC(CC(CCc1ccccc1)c1ccccc1)(C(/C=C/c1ccccc1)=C/Cc1ccccc1)c1ccccc1)c1ccccc1. The Morgan fingerprint density at radius 1 is 0.500 bits per heavy atom. The summed E-state index contributed by atoms with van der Waals surface area (Å²) in [6, 6.07) is 65.5. The lowest BCUT2D eigenvalue weighted by Gasteiger charge is -2.37. The fraction of sp³-hybridized carbons (Fsp3) is 0.125. The summed E-state index contributed by atoms with van der Waals surface area (Å²) in [6.45, 7) is 0. The van der Waals surface area contributed by atoms with Crippen LogP contribution >= 0.6 is 0 Å². The minimum Gasteiger partial charge on any atom is -0.0757 e. The second-order valence-electron chi connectivity index (χ2n) is 12.5. The lowest BCUT2D eigenvalue weighted by molar-refractivity contribution is 0.473. The Kier molecular flexibility index (Phi) is 11.4. The Hall–Kier alpha value is -5.46. The van der Waals surface area contributed by atoms with Gasteiger partial charge in [0.05, 0.1) is 0 Å². The molecule has 6 aromatic rings. The third kappa shape index (κ3) is 8.87. The van der Waals surface area contributed by atoms with Crippen molar-refractivity contribution in [2.75, 3.05) is 0 Å². The zero-order chi connectivity index (χ0) is 32.7. The average molecular weight is 621 g/mol. The van der Waals surface area contributed by atoms with Crippen LogP contribution in [0.15, 0.2) is 206 Å². The summed E-state index contributed by atoms with van der Waals surface area (Å²) in [5.74, 6) is 0.317. The highest BCUT2D eigenvalue weighted by Gasteiger charge is 2.36. The van der Waals surface area contributed by atoms with Crippen molar-refractivity contribution in [3.8, 4) is 0 Å². The van der Waals surface area contributed by atoms with Crippen molar-refractivity contribution in [3.63, 3.8) is 0 Å². The molecular weight excluding hydrogens is 577 g/mol. The molecule has 0 spiro atoms. The van der Waals surface area contributed by atoms with Crippen LogP contribution in [0.4, 0.5) is 0 Å². The molecule has 0 saturated heterocycles. The Morgan fingerprint density at radius 2 is 0.979 bits per heavy atom. The molecule has 0 nitrogen and oxygen atoms in total. The predicted molar refractivity (Wildman–Crippen MR) is 206 cm³/mol. The van der Waals surface area contributed by atoms with E-state index >= 15 is 0 Å². The largest absolute Gasteiger partial charge is 0.0757 e. The van der Waals surface area contributed by atoms with Crippen LogP contribution in [0.25, 0.3) is 12.2 Å². The van der Waals surface area contributed by atoms with Crippen LogP contribution in [0.2, 0.25) is 0 Å². The predicted octanol–water partition coefficient (Wildman–Crippen LogP) is 12.3. The van der Waals surface area contributed by atoms with E-state index in [-0.39, 0.29) is 0 Å². The number of hydrogen-bond acceptors (Lipinski definition) is 0. The molecule has 48 heavy (non-hydrogen) atoms. The summed E-state index contributed by atoms with van der Waals surface area (Å²) in [7, 11) is 0. The Bertz CT molecular complexity index is 1870. The van der Waals surface area contributed by atoms with Crippen molar-refractivity contribution in [1.82, 2.24) is 0 Å². The highest BCUT2D eigenvalue weighted by atomic mass is 14.4. The van der Waals surface area contributed by atoms with Gasteiger partial charge in [-0.2, -0.15) is 0 Å². The minimum absolute atomic E-state index is 0.317. The third-order valence-corrected chi connectivity index (χ3v) is 9.28. The number of aryl methyl sites for hydroxylation is 1. The van der Waals surface area contributed by atoms with Crippen LogP contribution in [-0.2, 0) is 18.3 Å². The van der Waals surface area contributed by atoms with Gasteiger partial charge in [-0.15, -0.1) is 0 Å². The van der Waals surface area contributed by atoms with Gasteiger partial charge in [0, 0.05) is 5.41 Å². The van der Waals surface area contributed by atoms with Crippen molar-refractivity contribution in [3.05, 3.63) is 239 Å². The molecule has 2 atom stereocenters. The fourth-order valence-electron chi connectivity index (χ4n) is 6.68. The maximum atomic E-state index is 2.49. The molecular formula is C48H44. The Morgan fingerprint density at radius 3 is 1.56 bits per heavy atom. The Balaban J connectivity index is 1.54. The van der Waals surface area contributed by atoms with Crippen LogP contribution in [0.5, 0.6) is 0 Å². The van der Waals surface area contributed by atoms with E-state index < -0.39 is 5.41 Å². The standard InChI is InChI=1S/C48H44/c1-7-19-40(20-8-1)31-34-45(44-27-15-5-16-28-44)39-48(46-29-17-6-18-30-46,38-37-43-25-13-4-14-26-43)47(35-32-41-21-9-2-10-22-41)36-33-42-23-11-3-12-24-42/h1-30,32,35-38,45H,31,33-34,39H2/b35-32+,38-37?,47-36+. The first-order valence-electron chi connectivity index (χ1n) is 17.1. The van der Waals surface area contributed by atoms with Gasteiger partial charge in [0.1, 0.15) is 0 Å². The second-order valence-corrected chi connectivity index (χ2v) is 12.5. The summed E-state index contributed by atoms with van der Waals surface area (Å²) in [4.78, 5) is 0. The van der Waals surface area contributed by atoms with Crippen molar-refractivity contribution in [1.29, 1.82) is 0 Å². The summed E-state index contributed by atoms with van der Waals surface area (Å²) in [6.07, 6.45) is 15.8. The first kappa shape index (κ1) is 32.5. The van der Waals surface area contributed by atoms with Crippen LogP contribution in [0, 0.1) is 0 Å². The molecule has 0 aliphatic heterocycles. The van der Waals surface area contributed by atoms with Crippen LogP contribution in [-0.4, -0.2) is 0 Å². The van der Waals surface area contributed by atoms with Gasteiger partial charge in [-0.25, -0.2) is 0 Å². The lowest BCUT2D eigenvalue weighted by Crippen LogP contribution is -2.29. The second kappa shape index (κ2) is 16.9. The van der Waals surface area contributed by atoms with Crippen molar-refractivity contribution < 1.29 is 0 Å². The van der Waals surface area contributed by atoms with Gasteiger partial charge in [0.25, 0.3) is 0 Å². The van der Waals surface area contributed by atoms with Crippen molar-refractivity contribution in [2.24, 2.45) is 0 Å². The monoisotopic (exact) mass is 620 g/mol. The van der Waals surface area contributed by atoms with E-state index in [0.29, 0.717) is 5.92 Å². The van der Waals surface area contributed by atoms with Crippen LogP contribution in [0.3, 0.4) is 0 Å². The molecule has 0 heterocycles. The Labute approximate surface area is 287 Å². The van der Waals surface area contributed by atoms with Crippen molar-refractivity contribution in [2.45, 2.75) is 37.0 Å². The zero-order valence-corrected chi connectivity index (χ0v) is 27.6. The third-order valence-electron chi connectivity index (χ3n) is 9.28. The quantitative estimate of drug-likeness (QED) is 0.106. The van der Waals surface area contributed by atoms with Gasteiger partial charge in [-0.3, -0.25) is 0 Å². The molecule has 6 aromatic carbocycles. The molecule has 0 fully saturated rings. The molecule has 0 saturated carbocycles. The molecule has 236 valence electrons. The number of benzene rings is 6. The van der Waals surface area contributed by atoms with E-state index in [4.69, 9.17) is 0 Å². The number of rotatable bonds is 14. The highest BCUT2D eigenvalue weighted by Crippen LogP contribution is 2.45. The van der Waals surface area contributed by atoms with Gasteiger partial charge in [0.2, 0.25) is 0 Å². The van der Waals surface area contributed by atoms with Crippen molar-refractivity contribution >= 4 is 12.2 Å². The molecule has 0 amide bonds. The van der Waals surface area contributed by atoms with Crippen LogP contribution in [0.1, 0.15) is 52.1 Å². The molecule has 0 aromatic heterocycles. The molecule has 2 unspecified atom stereocenters. The van der Waals surface area contributed by atoms with E-state index in [1.807, 2.05) is 0 Å². The maximum absolute atomic E-state index is 2.49. The zero-order valence-electron chi connectivity index (χ0n) is 27.6. The molecule has 0 bridgehead atoms. The van der Waals surface area contributed by atoms with Gasteiger partial charge < -0.3 is 0 Å². The first-order chi connectivity index (χ1) is 23.8. The van der Waals surface area contributed by atoms with E-state index in [9.17, 15) is 0 Å². The molecule has 6 rings (SSSR count). The van der Waals surface area contributed by atoms with Gasteiger partial charge in [0.15, 0.2) is 0 Å². The molecule has 0 N–H and O–H groups in total. The molecule has 0 radical (unpaired) electrons. The molecule has 0 heteroatoms. The van der Waals surface area contributed by atoms with Crippen LogP contribution < -0.4 is 0 Å². The lowest BCUT2D eigenvalue weighted by atomic mass is 9.66. The summed E-state index contributed by atoms with van der Waals surface area (Å²) >= 11 is 0.